The molecule has 0 fully saturated rings. The molecule has 0 unspecified atom stereocenters. The molecule has 0 atom stereocenters. The van der Waals surface area contributed by atoms with Crippen LogP contribution in [0.5, 0.6) is 0 Å². The number of nitrogens with zero attached hydrogens (tertiary/aromatic N) is 3. The number of fused-ring (bicyclic) bond motifs is 1. The van der Waals surface area contributed by atoms with E-state index in [1.54, 1.807) is 37.2 Å². The van der Waals surface area contributed by atoms with Gasteiger partial charge in [0.1, 0.15) is 5.82 Å². The summed E-state index contributed by atoms with van der Waals surface area (Å²) in [5.41, 5.74) is 2.11. The van der Waals surface area contributed by atoms with E-state index in [2.05, 4.69) is 9.97 Å². The number of carbonyl (C=O) groups excluding carboxylic acids is 1. The van der Waals surface area contributed by atoms with E-state index in [0.717, 1.165) is 5.56 Å². The zero-order chi connectivity index (χ0) is 20.4. The molecule has 2 aromatic carbocycles. The van der Waals surface area contributed by atoms with Crippen LogP contribution >= 0.6 is 23.2 Å². The molecule has 8 heteroatoms. The highest BCUT2D eigenvalue weighted by atomic mass is 35.5. The molecule has 3 aromatic rings. The van der Waals surface area contributed by atoms with Crippen molar-refractivity contribution in [3.8, 4) is 0 Å². The number of hydrogen-bond acceptors (Lipinski definition) is 4. The maximum Gasteiger partial charge on any atom is 0.258 e. The zero-order valence-electron chi connectivity index (χ0n) is 15.8. The van der Waals surface area contributed by atoms with Crippen LogP contribution in [0.15, 0.2) is 41.2 Å². The van der Waals surface area contributed by atoms with Crippen LogP contribution in [0.1, 0.15) is 11.4 Å². The number of aryl methyl sites for hydroxylation is 1. The summed E-state index contributed by atoms with van der Waals surface area (Å²) in [6, 6.07) is 10.6. The van der Waals surface area contributed by atoms with Crippen molar-refractivity contribution in [1.82, 2.24) is 14.9 Å². The Hall–Kier alpha value is -2.41. The predicted molar refractivity (Wildman–Crippen MR) is 113 cm³/mol. The van der Waals surface area contributed by atoms with Crippen molar-refractivity contribution >= 4 is 45.7 Å². The standard InChI is InChI=1S/C20H20Cl2N4O2/c1-12-4-7-17-14(8-12)20(28)24-18(23-17)10-25(2)11-19(27)26(3)13-5-6-15(21)16(22)9-13/h4-9H,10-11H2,1-3H3,(H,23,24,28). The summed E-state index contributed by atoms with van der Waals surface area (Å²) in [7, 11) is 3.47. The molecule has 0 bridgehead atoms. The Labute approximate surface area is 172 Å². The smallest absolute Gasteiger partial charge is 0.258 e. The van der Waals surface area contributed by atoms with Gasteiger partial charge in [-0.2, -0.15) is 0 Å². The molecular formula is C20H20Cl2N4O2. The molecule has 146 valence electrons. The Bertz CT molecular complexity index is 1100. The summed E-state index contributed by atoms with van der Waals surface area (Å²) < 4.78 is 0. The highest BCUT2D eigenvalue weighted by Crippen LogP contribution is 2.26. The van der Waals surface area contributed by atoms with Crippen molar-refractivity contribution in [2.45, 2.75) is 13.5 Å². The van der Waals surface area contributed by atoms with Gasteiger partial charge < -0.3 is 9.88 Å². The van der Waals surface area contributed by atoms with E-state index >= 15 is 0 Å². The summed E-state index contributed by atoms with van der Waals surface area (Å²) in [5.74, 6) is 0.383. The number of aromatic amines is 1. The van der Waals surface area contributed by atoms with Crippen molar-refractivity contribution in [2.24, 2.45) is 0 Å². The van der Waals surface area contributed by atoms with Crippen LogP contribution in [0.25, 0.3) is 10.9 Å². The number of carbonyl (C=O) groups is 1. The zero-order valence-corrected chi connectivity index (χ0v) is 17.3. The molecule has 0 radical (unpaired) electrons. The molecule has 6 nitrogen and oxygen atoms in total. The lowest BCUT2D eigenvalue weighted by atomic mass is 10.2. The number of hydrogen-bond donors (Lipinski definition) is 1. The number of benzene rings is 2. The maximum atomic E-state index is 12.6. The van der Waals surface area contributed by atoms with E-state index in [-0.39, 0.29) is 18.0 Å². The van der Waals surface area contributed by atoms with Crippen LogP contribution in [-0.2, 0) is 11.3 Å². The second-order valence-corrected chi connectivity index (χ2v) is 7.57. The number of anilines is 1. The molecule has 1 N–H and O–H groups in total. The van der Waals surface area contributed by atoms with Gasteiger partial charge in [0.15, 0.2) is 0 Å². The van der Waals surface area contributed by atoms with Crippen molar-refractivity contribution in [2.75, 3.05) is 25.5 Å². The Kier molecular flexibility index (Phi) is 6.03. The maximum absolute atomic E-state index is 12.6. The van der Waals surface area contributed by atoms with Gasteiger partial charge in [0.25, 0.3) is 5.56 Å². The van der Waals surface area contributed by atoms with Gasteiger partial charge in [-0.1, -0.05) is 34.8 Å². The van der Waals surface area contributed by atoms with Crippen molar-refractivity contribution in [3.63, 3.8) is 0 Å². The first-order chi connectivity index (χ1) is 13.2. The molecule has 1 heterocycles. The fourth-order valence-electron chi connectivity index (χ4n) is 2.86. The normalized spacial score (nSPS) is 11.2. The Morgan fingerprint density at radius 1 is 1.11 bits per heavy atom. The molecule has 28 heavy (non-hydrogen) atoms. The van der Waals surface area contributed by atoms with E-state index in [4.69, 9.17) is 23.2 Å². The van der Waals surface area contributed by atoms with E-state index in [1.165, 1.54) is 4.90 Å². The SMILES string of the molecule is Cc1ccc2nc(CN(C)CC(=O)N(C)c3ccc(Cl)c(Cl)c3)[nH]c(=O)c2c1. The fourth-order valence-corrected chi connectivity index (χ4v) is 3.15. The van der Waals surface area contributed by atoms with Gasteiger partial charge in [-0.3, -0.25) is 14.5 Å². The van der Waals surface area contributed by atoms with Crippen LogP contribution in [-0.4, -0.2) is 41.4 Å². The quantitative estimate of drug-likeness (QED) is 0.686. The highest BCUT2D eigenvalue weighted by Gasteiger charge is 2.16. The minimum Gasteiger partial charge on any atom is -0.314 e. The number of H-pyrrole nitrogens is 1. The number of halogens is 2. The van der Waals surface area contributed by atoms with Crippen molar-refractivity contribution in [1.29, 1.82) is 0 Å². The van der Waals surface area contributed by atoms with Crippen LogP contribution in [0.2, 0.25) is 10.0 Å². The van der Waals surface area contributed by atoms with Gasteiger partial charge >= 0.3 is 0 Å². The summed E-state index contributed by atoms with van der Waals surface area (Å²) in [6.07, 6.45) is 0. The molecule has 3 rings (SSSR count). The second-order valence-electron chi connectivity index (χ2n) is 6.76. The molecule has 0 aliphatic heterocycles. The van der Waals surface area contributed by atoms with Gasteiger partial charge in [0.2, 0.25) is 5.91 Å². The average Bonchev–Trinajstić information content (AvgIpc) is 2.64. The Balaban J connectivity index is 1.71. The lowest BCUT2D eigenvalue weighted by Gasteiger charge is -2.22. The first-order valence-electron chi connectivity index (χ1n) is 8.64. The van der Waals surface area contributed by atoms with E-state index < -0.39 is 0 Å². The molecule has 1 aromatic heterocycles. The summed E-state index contributed by atoms with van der Waals surface area (Å²) in [5, 5.41) is 1.38. The van der Waals surface area contributed by atoms with Crippen molar-refractivity contribution in [3.05, 3.63) is 68.2 Å². The summed E-state index contributed by atoms with van der Waals surface area (Å²) in [6.45, 7) is 2.41. The Morgan fingerprint density at radius 3 is 2.57 bits per heavy atom. The average molecular weight is 419 g/mol. The first kappa shape index (κ1) is 20.3. The molecular weight excluding hydrogens is 399 g/mol. The summed E-state index contributed by atoms with van der Waals surface area (Å²) >= 11 is 11.9. The summed E-state index contributed by atoms with van der Waals surface area (Å²) in [4.78, 5) is 35.5. The van der Waals surface area contributed by atoms with Gasteiger partial charge in [-0.25, -0.2) is 4.98 Å². The minimum absolute atomic E-state index is 0.125. The third-order valence-electron chi connectivity index (χ3n) is 4.40. The van der Waals surface area contributed by atoms with Gasteiger partial charge in [0.05, 0.1) is 34.0 Å². The molecule has 0 spiro atoms. The van der Waals surface area contributed by atoms with Crippen LogP contribution in [0.3, 0.4) is 0 Å². The Morgan fingerprint density at radius 2 is 1.86 bits per heavy atom. The van der Waals surface area contributed by atoms with E-state index in [9.17, 15) is 9.59 Å². The van der Waals surface area contributed by atoms with Crippen LogP contribution in [0, 0.1) is 6.92 Å². The molecule has 0 saturated heterocycles. The van der Waals surface area contributed by atoms with Gasteiger partial charge in [-0.15, -0.1) is 0 Å². The minimum atomic E-state index is -0.184. The van der Waals surface area contributed by atoms with E-state index in [0.29, 0.717) is 39.0 Å². The number of nitrogens with one attached hydrogen (secondary N) is 1. The number of amides is 1. The first-order valence-corrected chi connectivity index (χ1v) is 9.40. The van der Waals surface area contributed by atoms with Crippen molar-refractivity contribution < 1.29 is 4.79 Å². The molecule has 0 saturated carbocycles. The highest BCUT2D eigenvalue weighted by molar-refractivity contribution is 6.42. The molecule has 1 amide bonds. The third-order valence-corrected chi connectivity index (χ3v) is 5.14. The second kappa shape index (κ2) is 8.31. The van der Waals surface area contributed by atoms with Crippen LogP contribution < -0.4 is 10.5 Å². The third kappa shape index (κ3) is 4.52. The number of aromatic nitrogens is 2. The predicted octanol–water partition coefficient (Wildman–Crippen LogP) is 3.63. The number of rotatable bonds is 5. The molecule has 0 aliphatic rings. The fraction of sp³-hybridized carbons (Fsp3) is 0.250. The lowest BCUT2D eigenvalue weighted by Crippen LogP contribution is -2.36. The van der Waals surface area contributed by atoms with Crippen LogP contribution in [0.4, 0.5) is 5.69 Å². The topological polar surface area (TPSA) is 69.3 Å². The lowest BCUT2D eigenvalue weighted by molar-refractivity contribution is -0.119. The molecule has 0 aliphatic carbocycles. The largest absolute Gasteiger partial charge is 0.314 e. The number of likely N-dealkylation sites (N-methyl/N-ethyl adjacent to an activating group) is 2. The van der Waals surface area contributed by atoms with Gasteiger partial charge in [0, 0.05) is 12.7 Å². The van der Waals surface area contributed by atoms with Gasteiger partial charge in [-0.05, 0) is 44.3 Å². The van der Waals surface area contributed by atoms with E-state index in [1.807, 2.05) is 25.1 Å². The monoisotopic (exact) mass is 418 g/mol.